The van der Waals surface area contributed by atoms with Gasteiger partial charge in [0, 0.05) is 13.1 Å². The number of carbonyl (C=O) groups is 2. The van der Waals surface area contributed by atoms with Gasteiger partial charge >= 0.3 is 12.5 Å². The molecule has 2 N–H and O–H groups in total. The quantitative estimate of drug-likeness (QED) is 0.537. The van der Waals surface area contributed by atoms with Gasteiger partial charge in [-0.2, -0.15) is 4.72 Å². The molecule has 0 aromatic heterocycles. The lowest BCUT2D eigenvalue weighted by molar-refractivity contribution is -0.274. The average Bonchev–Trinajstić information content (AvgIpc) is 2.65. The number of nitrogens with zero attached hydrogens (tertiary/aromatic N) is 1. The number of rotatable bonds is 5. The lowest BCUT2D eigenvalue weighted by Gasteiger charge is -2.40. The fourth-order valence-electron chi connectivity index (χ4n) is 3.02. The van der Waals surface area contributed by atoms with E-state index in [0.717, 1.165) is 24.3 Å². The van der Waals surface area contributed by atoms with Crippen molar-refractivity contribution in [3.63, 3.8) is 0 Å². The molecular weight excluding hydrogens is 475 g/mol. The monoisotopic (exact) mass is 499 g/mol. The van der Waals surface area contributed by atoms with E-state index in [-0.39, 0.29) is 30.8 Å². The molecule has 0 bridgehead atoms. The average molecular weight is 500 g/mol. The molecule has 2 amide bonds. The van der Waals surface area contributed by atoms with Gasteiger partial charge < -0.3 is 19.1 Å². The van der Waals surface area contributed by atoms with E-state index in [1.165, 1.54) is 4.90 Å². The van der Waals surface area contributed by atoms with E-state index in [1.807, 2.05) is 0 Å². The van der Waals surface area contributed by atoms with Gasteiger partial charge in [0.25, 0.3) is 5.91 Å². The van der Waals surface area contributed by atoms with Crippen molar-refractivity contribution in [3.8, 4) is 5.75 Å². The minimum Gasteiger partial charge on any atom is -0.444 e. The van der Waals surface area contributed by atoms with Crippen LogP contribution in [-0.4, -0.2) is 55.9 Å². The molecule has 0 saturated carbocycles. The minimum absolute atomic E-state index is 0.0248. The second-order valence-corrected chi connectivity index (χ2v) is 10.0. The summed E-state index contributed by atoms with van der Waals surface area (Å²) in [6.07, 6.45) is -5.67. The molecule has 0 radical (unpaired) electrons. The Morgan fingerprint density at radius 1 is 1.09 bits per heavy atom. The third kappa shape index (κ3) is 6.90. The maximum atomic E-state index is 12.8. The van der Waals surface area contributed by atoms with E-state index < -0.39 is 45.3 Å². The van der Waals surface area contributed by atoms with Gasteiger partial charge in [0.2, 0.25) is 10.0 Å². The first-order valence-electron chi connectivity index (χ1n) is 9.39. The highest BCUT2D eigenvalue weighted by atomic mass is 32.2. The van der Waals surface area contributed by atoms with E-state index in [0.29, 0.717) is 0 Å². The van der Waals surface area contributed by atoms with Crippen LogP contribution >= 0.6 is 12.8 Å². The molecule has 0 spiro atoms. The molecule has 0 aliphatic carbocycles. The molecule has 1 fully saturated rings. The van der Waals surface area contributed by atoms with Crippen LogP contribution in [0.3, 0.4) is 0 Å². The number of thiol groups is 1. The summed E-state index contributed by atoms with van der Waals surface area (Å²) in [5.41, 5.74) is -2.35. The predicted molar refractivity (Wildman–Crippen MR) is 110 cm³/mol. The molecule has 1 heterocycles. The number of likely N-dealkylation sites (tertiary alicyclic amines) is 1. The zero-order valence-corrected chi connectivity index (χ0v) is 19.2. The fraction of sp³-hybridized carbons (Fsp3) is 0.556. The maximum Gasteiger partial charge on any atom is 0.573 e. The summed E-state index contributed by atoms with van der Waals surface area (Å²) in [6, 6.07) is 3.54. The number of hydrogen-bond acceptors (Lipinski definition) is 7. The van der Waals surface area contributed by atoms with Crippen LogP contribution in [0.15, 0.2) is 29.2 Å². The highest BCUT2D eigenvalue weighted by Gasteiger charge is 2.45. The zero-order valence-electron chi connectivity index (χ0n) is 17.5. The molecule has 180 valence electrons. The van der Waals surface area contributed by atoms with Crippen molar-refractivity contribution in [1.29, 1.82) is 0 Å². The number of hydrogen-bond donors (Lipinski definition) is 3. The summed E-state index contributed by atoms with van der Waals surface area (Å²) in [6.45, 7) is 5.15. The molecule has 1 aromatic carbocycles. The highest BCUT2D eigenvalue weighted by molar-refractivity contribution is 7.89. The largest absolute Gasteiger partial charge is 0.573 e. The topological polar surface area (TPSA) is 114 Å². The normalized spacial score (nSPS) is 16.9. The van der Waals surface area contributed by atoms with Crippen molar-refractivity contribution < 1.29 is 40.7 Å². The number of alkyl halides is 3. The maximum absolute atomic E-state index is 12.8. The van der Waals surface area contributed by atoms with Crippen molar-refractivity contribution in [2.75, 3.05) is 13.1 Å². The van der Waals surface area contributed by atoms with E-state index >= 15 is 0 Å². The number of ether oxygens (including phenoxy) is 2. The van der Waals surface area contributed by atoms with Crippen LogP contribution < -0.4 is 14.2 Å². The summed E-state index contributed by atoms with van der Waals surface area (Å²) in [7, 11) is -4.32. The van der Waals surface area contributed by atoms with Crippen molar-refractivity contribution in [2.45, 2.75) is 56.0 Å². The number of benzene rings is 1. The van der Waals surface area contributed by atoms with Crippen molar-refractivity contribution in [2.24, 2.45) is 0 Å². The number of sulfonamides is 1. The van der Waals surface area contributed by atoms with Gasteiger partial charge in [0.05, 0.1) is 4.90 Å². The van der Waals surface area contributed by atoms with Gasteiger partial charge in [-0.3, -0.25) is 4.79 Å². The molecule has 1 aromatic rings. The first-order chi connectivity index (χ1) is 14.6. The second-order valence-electron chi connectivity index (χ2n) is 8.12. The van der Waals surface area contributed by atoms with Crippen LogP contribution in [0.25, 0.3) is 0 Å². The Bertz CT molecular complexity index is 938. The van der Waals surface area contributed by atoms with Gasteiger partial charge in [-0.15, -0.1) is 13.2 Å². The number of halogens is 3. The van der Waals surface area contributed by atoms with E-state index in [2.05, 4.69) is 27.0 Å². The number of amides is 2. The molecule has 1 aliphatic heterocycles. The smallest absolute Gasteiger partial charge is 0.444 e. The summed E-state index contributed by atoms with van der Waals surface area (Å²) >= 11 is 3.73. The molecule has 1 saturated heterocycles. The Hall–Kier alpha value is -2.19. The molecule has 9 nitrogen and oxygen atoms in total. The van der Waals surface area contributed by atoms with Gasteiger partial charge in [-0.05, 0) is 57.9 Å². The van der Waals surface area contributed by atoms with Crippen LogP contribution in [0.2, 0.25) is 0 Å². The van der Waals surface area contributed by atoms with Crippen molar-refractivity contribution in [1.82, 2.24) is 14.3 Å². The number of nitrogens with one attached hydrogen (secondary N) is 2. The third-order valence-electron chi connectivity index (χ3n) is 4.50. The van der Waals surface area contributed by atoms with Crippen LogP contribution in [0.4, 0.5) is 18.0 Å². The Balaban J connectivity index is 2.19. The SMILES string of the molecule is CC(C)(C)OC(=O)N1CCC(NS(=O)(=O)c2ccc(OC(F)(F)F)cc2)(C(=O)NS)CC1. The Kier molecular flexibility index (Phi) is 7.62. The molecule has 0 unspecified atom stereocenters. The van der Waals surface area contributed by atoms with Crippen LogP contribution in [-0.2, 0) is 19.6 Å². The third-order valence-corrected chi connectivity index (χ3v) is 6.26. The molecule has 32 heavy (non-hydrogen) atoms. The minimum atomic E-state index is -4.92. The molecular formula is C18H24F3N3O6S2. The lowest BCUT2D eigenvalue weighted by atomic mass is 9.88. The Morgan fingerprint density at radius 2 is 1.62 bits per heavy atom. The summed E-state index contributed by atoms with van der Waals surface area (Å²) in [4.78, 5) is 25.8. The highest BCUT2D eigenvalue weighted by Crippen LogP contribution is 2.28. The van der Waals surface area contributed by atoms with E-state index in [4.69, 9.17) is 4.74 Å². The van der Waals surface area contributed by atoms with Crippen molar-refractivity contribution >= 4 is 34.8 Å². The molecule has 14 heteroatoms. The summed E-state index contributed by atoms with van der Waals surface area (Å²) < 4.78 is 76.0. The zero-order chi connectivity index (χ0) is 24.4. The van der Waals surface area contributed by atoms with E-state index in [9.17, 15) is 31.2 Å². The van der Waals surface area contributed by atoms with Crippen LogP contribution in [0.5, 0.6) is 5.75 Å². The van der Waals surface area contributed by atoms with Crippen LogP contribution in [0.1, 0.15) is 33.6 Å². The predicted octanol–water partition coefficient (Wildman–Crippen LogP) is 2.59. The molecule has 1 aliphatic rings. The Morgan fingerprint density at radius 3 is 2.06 bits per heavy atom. The number of carbonyl (C=O) groups excluding carboxylic acids is 2. The molecule has 2 rings (SSSR count). The van der Waals surface area contributed by atoms with Gasteiger partial charge in [0.1, 0.15) is 16.9 Å². The second kappa shape index (κ2) is 9.35. The first-order valence-corrected chi connectivity index (χ1v) is 11.3. The summed E-state index contributed by atoms with van der Waals surface area (Å²) in [5.74, 6) is -1.32. The van der Waals surface area contributed by atoms with E-state index in [1.54, 1.807) is 20.8 Å². The Labute approximate surface area is 189 Å². The summed E-state index contributed by atoms with van der Waals surface area (Å²) in [5, 5.41) is 0. The van der Waals surface area contributed by atoms with Gasteiger partial charge in [0.15, 0.2) is 0 Å². The van der Waals surface area contributed by atoms with Crippen molar-refractivity contribution in [3.05, 3.63) is 24.3 Å². The van der Waals surface area contributed by atoms with Crippen LogP contribution in [0, 0.1) is 0 Å². The van der Waals surface area contributed by atoms with Gasteiger partial charge in [-0.1, -0.05) is 12.8 Å². The fourth-order valence-corrected chi connectivity index (χ4v) is 4.65. The van der Waals surface area contributed by atoms with Gasteiger partial charge in [-0.25, -0.2) is 13.2 Å². The standard InChI is InChI=1S/C18H24F3N3O6S2/c1-16(2,3)30-15(26)24-10-8-17(9-11-24,14(25)22-31)23-32(27,28)13-6-4-12(5-7-13)29-18(19,20)21/h4-7,23,31H,8-11H2,1-3H3,(H,22,25). The number of piperidine rings is 1. The lowest BCUT2D eigenvalue weighted by Crippen LogP contribution is -2.62. The first kappa shape index (κ1) is 26.1. The molecule has 0 atom stereocenters.